The number of aromatic nitrogens is 2. The van der Waals surface area contributed by atoms with Gasteiger partial charge in [0.05, 0.1) is 11.4 Å². The second-order valence-corrected chi connectivity index (χ2v) is 10.1. The summed E-state index contributed by atoms with van der Waals surface area (Å²) in [5.41, 5.74) is 0.612. The molecule has 1 amide bonds. The fourth-order valence-corrected chi connectivity index (χ4v) is 5.11. The maximum absolute atomic E-state index is 12.8. The molecule has 0 aliphatic carbocycles. The lowest BCUT2D eigenvalue weighted by molar-refractivity contribution is 0.0770. The first-order chi connectivity index (χ1) is 15.4. The maximum atomic E-state index is 12.8. The molecule has 3 aromatic rings. The van der Waals surface area contributed by atoms with E-state index in [2.05, 4.69) is 15.1 Å². The molecule has 1 atom stereocenters. The minimum atomic E-state index is -3.75. The van der Waals surface area contributed by atoms with Crippen molar-refractivity contribution in [2.45, 2.75) is 9.79 Å². The van der Waals surface area contributed by atoms with Crippen molar-refractivity contribution in [2.24, 2.45) is 11.0 Å². The first-order valence-electron chi connectivity index (χ1n) is 9.85. The summed E-state index contributed by atoms with van der Waals surface area (Å²) in [5, 5.41) is 5.73. The molecule has 2 aromatic carbocycles. The van der Waals surface area contributed by atoms with Gasteiger partial charge in [-0.15, -0.1) is 11.8 Å². The summed E-state index contributed by atoms with van der Waals surface area (Å²) in [6.07, 6.45) is 4.78. The predicted octanol–water partition coefficient (Wildman–Crippen LogP) is 3.15. The number of hydrogen-bond donors (Lipinski definition) is 0. The number of amides is 1. The van der Waals surface area contributed by atoms with E-state index in [1.165, 1.54) is 24.5 Å². The van der Waals surface area contributed by atoms with E-state index >= 15 is 0 Å². The minimum Gasteiger partial charge on any atom is -0.267 e. The highest BCUT2D eigenvalue weighted by Gasteiger charge is 2.25. The third-order valence-corrected chi connectivity index (χ3v) is 7.81. The van der Waals surface area contributed by atoms with Crippen molar-refractivity contribution in [3.63, 3.8) is 0 Å². The Morgan fingerprint density at radius 3 is 2.44 bits per heavy atom. The van der Waals surface area contributed by atoms with Gasteiger partial charge in [-0.3, -0.25) is 4.79 Å². The van der Waals surface area contributed by atoms with E-state index in [4.69, 9.17) is 0 Å². The summed E-state index contributed by atoms with van der Waals surface area (Å²) in [4.78, 5) is 21.6. The monoisotopic (exact) mass is 467 g/mol. The maximum Gasteiger partial charge on any atom is 0.273 e. The Kier molecular flexibility index (Phi) is 6.52. The third kappa shape index (κ3) is 4.81. The van der Waals surface area contributed by atoms with Gasteiger partial charge in [-0.05, 0) is 42.5 Å². The second kappa shape index (κ2) is 9.49. The Balaban J connectivity index is 1.34. The van der Waals surface area contributed by atoms with Crippen LogP contribution in [0.1, 0.15) is 10.4 Å². The summed E-state index contributed by atoms with van der Waals surface area (Å²) in [7, 11) is -2.32. The standard InChI is InChI=1S/C22H21N5O3S2/c1-26(22-23-12-5-13-24-22)32(29,30)20-10-8-19(9-11-20)31-16-17-14-25-27(15-17)21(28)18-6-3-2-4-7-18/h2-14,17H,15-16H2,1H3. The van der Waals surface area contributed by atoms with Gasteiger partial charge in [0.1, 0.15) is 0 Å². The number of nitrogens with zero attached hydrogens (tertiary/aromatic N) is 5. The molecule has 1 aliphatic heterocycles. The van der Waals surface area contributed by atoms with Crippen LogP contribution < -0.4 is 4.31 Å². The number of hydrazone groups is 1. The Labute approximate surface area is 191 Å². The Hall–Kier alpha value is -3.24. The zero-order valence-electron chi connectivity index (χ0n) is 17.3. The van der Waals surface area contributed by atoms with Crippen molar-refractivity contribution in [1.29, 1.82) is 0 Å². The highest BCUT2D eigenvalue weighted by molar-refractivity contribution is 7.99. The van der Waals surface area contributed by atoms with Gasteiger partial charge in [-0.1, -0.05) is 18.2 Å². The first kappa shape index (κ1) is 22.0. The van der Waals surface area contributed by atoms with Gasteiger partial charge in [0.15, 0.2) is 0 Å². The van der Waals surface area contributed by atoms with Crippen molar-refractivity contribution in [2.75, 3.05) is 23.7 Å². The zero-order chi connectivity index (χ0) is 22.6. The molecule has 1 unspecified atom stereocenters. The highest BCUT2D eigenvalue weighted by atomic mass is 32.2. The molecule has 0 saturated carbocycles. The van der Waals surface area contributed by atoms with Gasteiger partial charge in [0, 0.05) is 47.8 Å². The van der Waals surface area contributed by atoms with Crippen LogP contribution in [0.15, 0.2) is 87.9 Å². The summed E-state index contributed by atoms with van der Waals surface area (Å²) in [6.45, 7) is 0.523. The molecule has 10 heteroatoms. The molecule has 0 bridgehead atoms. The molecule has 32 heavy (non-hydrogen) atoms. The molecule has 8 nitrogen and oxygen atoms in total. The highest BCUT2D eigenvalue weighted by Crippen LogP contribution is 2.26. The molecule has 0 spiro atoms. The number of carbonyl (C=O) groups is 1. The number of rotatable bonds is 7. The van der Waals surface area contributed by atoms with Crippen LogP contribution in [0.5, 0.6) is 0 Å². The van der Waals surface area contributed by atoms with Crippen LogP contribution in [0.2, 0.25) is 0 Å². The number of anilines is 1. The Morgan fingerprint density at radius 2 is 1.75 bits per heavy atom. The average molecular weight is 468 g/mol. The minimum absolute atomic E-state index is 0.112. The summed E-state index contributed by atoms with van der Waals surface area (Å²) < 4.78 is 26.7. The van der Waals surface area contributed by atoms with Crippen LogP contribution in [0.3, 0.4) is 0 Å². The van der Waals surface area contributed by atoms with E-state index in [1.807, 2.05) is 18.2 Å². The smallest absolute Gasteiger partial charge is 0.267 e. The van der Waals surface area contributed by atoms with Crippen LogP contribution in [0.4, 0.5) is 5.95 Å². The molecular formula is C22H21N5O3S2. The largest absolute Gasteiger partial charge is 0.273 e. The Bertz CT molecular complexity index is 1200. The normalized spacial score (nSPS) is 15.7. The van der Waals surface area contributed by atoms with Crippen molar-refractivity contribution < 1.29 is 13.2 Å². The van der Waals surface area contributed by atoms with Crippen LogP contribution in [-0.2, 0) is 10.0 Å². The van der Waals surface area contributed by atoms with Crippen molar-refractivity contribution in [3.05, 3.63) is 78.6 Å². The molecule has 164 valence electrons. The molecule has 1 aromatic heterocycles. The molecule has 2 heterocycles. The summed E-state index contributed by atoms with van der Waals surface area (Å²) >= 11 is 1.59. The summed E-state index contributed by atoms with van der Waals surface area (Å²) in [5.74, 6) is 0.847. The molecule has 0 N–H and O–H groups in total. The van der Waals surface area contributed by atoms with Gasteiger partial charge >= 0.3 is 0 Å². The lowest BCUT2D eigenvalue weighted by atomic mass is 10.2. The average Bonchev–Trinajstić information content (AvgIpc) is 3.32. The van der Waals surface area contributed by atoms with Crippen molar-refractivity contribution >= 4 is 39.9 Å². The molecule has 0 radical (unpaired) electrons. The molecule has 0 saturated heterocycles. The number of benzene rings is 2. The van der Waals surface area contributed by atoms with Gasteiger partial charge in [0.2, 0.25) is 5.95 Å². The van der Waals surface area contributed by atoms with E-state index in [-0.39, 0.29) is 22.7 Å². The number of hydrogen-bond acceptors (Lipinski definition) is 7. The number of thioether (sulfide) groups is 1. The lowest BCUT2D eigenvalue weighted by Crippen LogP contribution is -2.28. The fourth-order valence-electron chi connectivity index (χ4n) is 3.08. The quantitative estimate of drug-likeness (QED) is 0.496. The van der Waals surface area contributed by atoms with Gasteiger partial charge in [-0.2, -0.15) is 5.10 Å². The van der Waals surface area contributed by atoms with E-state index in [0.29, 0.717) is 12.1 Å². The van der Waals surface area contributed by atoms with Crippen molar-refractivity contribution in [3.8, 4) is 0 Å². The zero-order valence-corrected chi connectivity index (χ0v) is 18.9. The van der Waals surface area contributed by atoms with Gasteiger partial charge in [0.25, 0.3) is 15.9 Å². The second-order valence-electron chi connectivity index (χ2n) is 7.08. The Morgan fingerprint density at radius 1 is 1.06 bits per heavy atom. The number of sulfonamides is 1. The SMILES string of the molecule is CN(c1ncccn1)S(=O)(=O)c1ccc(SCC2C=NN(C(=O)c3ccccc3)C2)cc1. The van der Waals surface area contributed by atoms with E-state index in [1.54, 1.807) is 60.4 Å². The van der Waals surface area contributed by atoms with Crippen LogP contribution in [-0.4, -0.2) is 54.9 Å². The van der Waals surface area contributed by atoms with E-state index < -0.39 is 10.0 Å². The molecular weight excluding hydrogens is 446 g/mol. The third-order valence-electron chi connectivity index (χ3n) is 4.86. The van der Waals surface area contributed by atoms with Gasteiger partial charge < -0.3 is 0 Å². The lowest BCUT2D eigenvalue weighted by Gasteiger charge is -2.17. The van der Waals surface area contributed by atoms with E-state index in [9.17, 15) is 13.2 Å². The number of carbonyl (C=O) groups excluding carboxylic acids is 1. The topological polar surface area (TPSA) is 95.8 Å². The molecule has 1 aliphatic rings. The summed E-state index contributed by atoms with van der Waals surface area (Å²) in [6, 6.07) is 17.4. The van der Waals surface area contributed by atoms with Crippen LogP contribution in [0.25, 0.3) is 0 Å². The first-order valence-corrected chi connectivity index (χ1v) is 12.3. The molecule has 4 rings (SSSR count). The molecule has 0 fully saturated rings. The van der Waals surface area contributed by atoms with Crippen LogP contribution >= 0.6 is 11.8 Å². The van der Waals surface area contributed by atoms with Crippen molar-refractivity contribution in [1.82, 2.24) is 15.0 Å². The fraction of sp³-hybridized carbons (Fsp3) is 0.182. The van der Waals surface area contributed by atoms with Gasteiger partial charge in [-0.25, -0.2) is 27.7 Å². The van der Waals surface area contributed by atoms with E-state index in [0.717, 1.165) is 15.0 Å². The van der Waals surface area contributed by atoms with Crippen LogP contribution in [0, 0.1) is 5.92 Å². The predicted molar refractivity (Wildman–Crippen MR) is 124 cm³/mol.